The van der Waals surface area contributed by atoms with E-state index >= 15 is 0 Å². The first kappa shape index (κ1) is 6.90. The van der Waals surface area contributed by atoms with Crippen molar-refractivity contribution in [2.45, 2.75) is 25.2 Å². The molecule has 0 spiro atoms. The van der Waals surface area contributed by atoms with Gasteiger partial charge < -0.3 is 0 Å². The van der Waals surface area contributed by atoms with Gasteiger partial charge in [-0.15, -0.1) is 0 Å². The first-order chi connectivity index (χ1) is 5.87. The molecular formula is C11H11S. The molecule has 0 aromatic carbocycles. The molecule has 2 aliphatic carbocycles. The smallest absolute Gasteiger partial charge is 0.0279 e. The summed E-state index contributed by atoms with van der Waals surface area (Å²) in [5, 5.41) is 4.46. The van der Waals surface area contributed by atoms with E-state index in [0.29, 0.717) is 5.41 Å². The van der Waals surface area contributed by atoms with Crippen molar-refractivity contribution < 1.29 is 0 Å². The minimum Gasteiger partial charge on any atom is -0.152 e. The van der Waals surface area contributed by atoms with E-state index in [4.69, 9.17) is 0 Å². The summed E-state index contributed by atoms with van der Waals surface area (Å²) >= 11 is 1.80. The lowest BCUT2D eigenvalue weighted by atomic mass is 9.69. The Morgan fingerprint density at radius 1 is 1.75 bits per heavy atom. The minimum atomic E-state index is 0.343. The zero-order valence-corrected chi connectivity index (χ0v) is 7.95. The Kier molecular flexibility index (Phi) is 1.16. The van der Waals surface area contributed by atoms with Crippen LogP contribution < -0.4 is 0 Å². The third-order valence-corrected chi connectivity index (χ3v) is 3.94. The van der Waals surface area contributed by atoms with Crippen LogP contribution in [0, 0.1) is 12.0 Å². The molecule has 0 N–H and O–H groups in total. The molecule has 1 heterocycles. The van der Waals surface area contributed by atoms with Crippen LogP contribution in [0.2, 0.25) is 0 Å². The van der Waals surface area contributed by atoms with Gasteiger partial charge in [0.1, 0.15) is 0 Å². The van der Waals surface area contributed by atoms with Gasteiger partial charge in [-0.1, -0.05) is 12.5 Å². The maximum absolute atomic E-state index is 3.61. The van der Waals surface area contributed by atoms with Gasteiger partial charge in [0.2, 0.25) is 0 Å². The second-order valence-electron chi connectivity index (χ2n) is 3.74. The third kappa shape index (κ3) is 0.639. The average Bonchev–Trinajstić information content (AvgIpc) is 2.52. The first-order valence-corrected chi connectivity index (χ1v) is 5.47. The lowest BCUT2D eigenvalue weighted by Crippen LogP contribution is -2.30. The van der Waals surface area contributed by atoms with Crippen LogP contribution in [0.15, 0.2) is 22.4 Å². The second-order valence-corrected chi connectivity index (χ2v) is 4.52. The van der Waals surface area contributed by atoms with Crippen LogP contribution in [-0.2, 0) is 5.41 Å². The topological polar surface area (TPSA) is 0 Å². The van der Waals surface area contributed by atoms with Crippen LogP contribution in [0.4, 0.5) is 0 Å². The molecule has 0 saturated heterocycles. The summed E-state index contributed by atoms with van der Waals surface area (Å²) in [6, 6.07) is 2.26. The molecular weight excluding hydrogens is 164 g/mol. The summed E-state index contributed by atoms with van der Waals surface area (Å²) in [6.07, 6.45) is 6.15. The van der Waals surface area contributed by atoms with E-state index in [1.54, 1.807) is 16.9 Å². The second kappa shape index (κ2) is 2.02. The Hall–Kier alpha value is -0.560. The van der Waals surface area contributed by atoms with Crippen molar-refractivity contribution in [2.24, 2.45) is 5.92 Å². The van der Waals surface area contributed by atoms with Gasteiger partial charge in [0.25, 0.3) is 0 Å². The van der Waals surface area contributed by atoms with E-state index in [1.165, 1.54) is 18.4 Å². The molecule has 1 aromatic rings. The van der Waals surface area contributed by atoms with Crippen molar-refractivity contribution in [3.05, 3.63) is 34.0 Å². The van der Waals surface area contributed by atoms with Crippen LogP contribution in [0.25, 0.3) is 0 Å². The van der Waals surface area contributed by atoms with Crippen LogP contribution in [0.3, 0.4) is 0 Å². The maximum Gasteiger partial charge on any atom is 0.0279 e. The third-order valence-electron chi connectivity index (χ3n) is 3.26. The summed E-state index contributed by atoms with van der Waals surface area (Å²) in [4.78, 5) is 0. The van der Waals surface area contributed by atoms with Gasteiger partial charge >= 0.3 is 0 Å². The highest BCUT2D eigenvalue weighted by atomic mass is 32.1. The summed E-state index contributed by atoms with van der Waals surface area (Å²) in [5.74, 6) is 0.872. The van der Waals surface area contributed by atoms with Gasteiger partial charge in [0.05, 0.1) is 0 Å². The number of hydrogen-bond acceptors (Lipinski definition) is 1. The standard InChI is InChI=1S/C11H11S/c1-2-11(6-8-5-10(8)11)9-3-4-12-7-9/h3-4,7,10H,2,5H2,1H3. The fourth-order valence-electron chi connectivity index (χ4n) is 2.40. The zero-order chi connectivity index (χ0) is 8.18. The predicted molar refractivity (Wildman–Crippen MR) is 51.2 cm³/mol. The fourth-order valence-corrected chi connectivity index (χ4v) is 3.14. The molecule has 1 fully saturated rings. The number of thiophene rings is 1. The monoisotopic (exact) mass is 175 g/mol. The Morgan fingerprint density at radius 3 is 3.08 bits per heavy atom. The van der Waals surface area contributed by atoms with E-state index in [-0.39, 0.29) is 0 Å². The minimum absolute atomic E-state index is 0.343. The Morgan fingerprint density at radius 2 is 2.67 bits per heavy atom. The van der Waals surface area contributed by atoms with Crippen LogP contribution >= 0.6 is 11.3 Å². The molecule has 1 aromatic heterocycles. The van der Waals surface area contributed by atoms with Crippen molar-refractivity contribution in [2.75, 3.05) is 0 Å². The van der Waals surface area contributed by atoms with Gasteiger partial charge in [0.15, 0.2) is 0 Å². The molecule has 12 heavy (non-hydrogen) atoms. The van der Waals surface area contributed by atoms with E-state index < -0.39 is 0 Å². The number of rotatable bonds is 2. The fraction of sp³-hybridized carbons (Fsp3) is 0.455. The van der Waals surface area contributed by atoms with Crippen molar-refractivity contribution in [3.63, 3.8) is 0 Å². The molecule has 3 rings (SSSR count). The van der Waals surface area contributed by atoms with Crippen molar-refractivity contribution in [3.8, 4) is 0 Å². The number of fused-ring (bicyclic) bond motifs is 1. The molecule has 0 nitrogen and oxygen atoms in total. The molecule has 0 bridgehead atoms. The molecule has 2 unspecified atom stereocenters. The van der Waals surface area contributed by atoms with Crippen molar-refractivity contribution in [1.82, 2.24) is 0 Å². The molecule has 61 valence electrons. The van der Waals surface area contributed by atoms with Crippen molar-refractivity contribution in [1.29, 1.82) is 0 Å². The van der Waals surface area contributed by atoms with Gasteiger partial charge in [-0.2, -0.15) is 11.3 Å². The van der Waals surface area contributed by atoms with E-state index in [9.17, 15) is 0 Å². The average molecular weight is 175 g/mol. The van der Waals surface area contributed by atoms with Gasteiger partial charge in [-0.3, -0.25) is 0 Å². The highest BCUT2D eigenvalue weighted by Gasteiger charge is 2.56. The summed E-state index contributed by atoms with van der Waals surface area (Å²) < 4.78 is 0. The highest BCUT2D eigenvalue weighted by molar-refractivity contribution is 7.08. The van der Waals surface area contributed by atoms with Gasteiger partial charge in [-0.05, 0) is 47.2 Å². The SMILES string of the molecule is CCC1(c2ccsc2)[C]=C2CC21. The van der Waals surface area contributed by atoms with E-state index in [1.807, 2.05) is 0 Å². The van der Waals surface area contributed by atoms with Crippen LogP contribution in [-0.4, -0.2) is 0 Å². The molecule has 0 aliphatic heterocycles. The lowest BCUT2D eigenvalue weighted by molar-refractivity contribution is 0.417. The maximum atomic E-state index is 3.61. The van der Waals surface area contributed by atoms with Gasteiger partial charge in [-0.25, -0.2) is 0 Å². The molecule has 2 aliphatic rings. The molecule has 1 heteroatoms. The summed E-state index contributed by atoms with van der Waals surface area (Å²) in [6.45, 7) is 2.28. The van der Waals surface area contributed by atoms with Gasteiger partial charge in [0, 0.05) is 5.41 Å². The zero-order valence-electron chi connectivity index (χ0n) is 7.13. The molecule has 1 saturated carbocycles. The van der Waals surface area contributed by atoms with Crippen LogP contribution in [0.1, 0.15) is 25.3 Å². The normalized spacial score (nSPS) is 36.8. The number of hydrogen-bond donors (Lipinski definition) is 0. The predicted octanol–water partition coefficient (Wildman–Crippen LogP) is 3.16. The van der Waals surface area contributed by atoms with E-state index in [0.717, 1.165) is 5.92 Å². The Bertz CT molecular complexity index is 334. The summed E-state index contributed by atoms with van der Waals surface area (Å²) in [7, 11) is 0. The van der Waals surface area contributed by atoms with E-state index in [2.05, 4.69) is 29.8 Å². The quantitative estimate of drug-likeness (QED) is 0.647. The highest BCUT2D eigenvalue weighted by Crippen LogP contribution is 2.63. The molecule has 0 amide bonds. The molecule has 2 atom stereocenters. The van der Waals surface area contributed by atoms with Crippen LogP contribution in [0.5, 0.6) is 0 Å². The Balaban J connectivity index is 2.06. The largest absolute Gasteiger partial charge is 0.152 e. The summed E-state index contributed by atoms with van der Waals surface area (Å²) in [5.41, 5.74) is 3.43. The molecule has 1 radical (unpaired) electrons. The number of allylic oxidation sites excluding steroid dienone is 2. The van der Waals surface area contributed by atoms with Crippen molar-refractivity contribution >= 4 is 11.3 Å². The Labute approximate surface area is 76.9 Å². The first-order valence-electron chi connectivity index (χ1n) is 4.53. The lowest BCUT2D eigenvalue weighted by Gasteiger charge is -2.33.